The van der Waals surface area contributed by atoms with E-state index in [9.17, 15) is 14.0 Å². The Hall–Kier alpha value is -4.45. The van der Waals surface area contributed by atoms with Gasteiger partial charge in [0.05, 0.1) is 18.4 Å². The fourth-order valence-electron chi connectivity index (χ4n) is 4.19. The molecule has 0 atom stereocenters. The van der Waals surface area contributed by atoms with Crippen LogP contribution in [-0.2, 0) is 9.59 Å². The van der Waals surface area contributed by atoms with Crippen molar-refractivity contribution < 1.29 is 18.7 Å². The van der Waals surface area contributed by atoms with Crippen molar-refractivity contribution in [1.82, 2.24) is 0 Å². The zero-order chi connectivity index (χ0) is 23.8. The van der Waals surface area contributed by atoms with Crippen molar-refractivity contribution >= 4 is 39.5 Å². The summed E-state index contributed by atoms with van der Waals surface area (Å²) in [7, 11) is 1.49. The molecular formula is C28H21FN2O3. The first kappa shape index (κ1) is 21.4. The minimum atomic E-state index is -0.513. The summed E-state index contributed by atoms with van der Waals surface area (Å²) in [4.78, 5) is 28.6. The maximum absolute atomic E-state index is 13.7. The number of nitrogens with one attached hydrogen (secondary N) is 1. The second kappa shape index (κ2) is 8.48. The lowest BCUT2D eigenvalue weighted by Crippen LogP contribution is -2.32. The minimum absolute atomic E-state index is 0.122. The third kappa shape index (κ3) is 3.59. The van der Waals surface area contributed by atoms with E-state index in [-0.39, 0.29) is 11.3 Å². The maximum Gasteiger partial charge on any atom is 0.282 e. The quantitative estimate of drug-likeness (QED) is 0.395. The van der Waals surface area contributed by atoms with E-state index >= 15 is 0 Å². The van der Waals surface area contributed by atoms with Crippen LogP contribution in [0, 0.1) is 12.7 Å². The number of anilines is 2. The van der Waals surface area contributed by atoms with Gasteiger partial charge in [-0.1, -0.05) is 54.6 Å². The molecule has 2 amide bonds. The fraction of sp³-hybridized carbons (Fsp3) is 0.0714. The summed E-state index contributed by atoms with van der Waals surface area (Å²) in [6.07, 6.45) is 0. The van der Waals surface area contributed by atoms with E-state index in [0.29, 0.717) is 22.7 Å². The van der Waals surface area contributed by atoms with Crippen LogP contribution in [0.3, 0.4) is 0 Å². The second-order valence-electron chi connectivity index (χ2n) is 8.03. The molecule has 4 aromatic rings. The highest BCUT2D eigenvalue weighted by atomic mass is 19.1. The largest absolute Gasteiger partial charge is 0.495 e. The standard InChI is InChI=1S/C28H21FN2O3/c1-17-10-15-24(34-2)23(16-17)31-27(32)25(19-11-13-20(29)14-12-19)26(28(31)33)30-22-9-5-7-18-6-3-4-8-21(18)22/h3-16,30H,1-2H3. The van der Waals surface area contributed by atoms with Gasteiger partial charge in [0.1, 0.15) is 17.3 Å². The summed E-state index contributed by atoms with van der Waals surface area (Å²) in [5, 5.41) is 5.11. The number of aryl methyl sites for hydroxylation is 1. The molecule has 0 radical (unpaired) electrons. The Bertz CT molecular complexity index is 1470. The number of halogens is 1. The van der Waals surface area contributed by atoms with Crippen LogP contribution >= 0.6 is 0 Å². The van der Waals surface area contributed by atoms with Crippen LogP contribution in [0.5, 0.6) is 5.75 Å². The highest BCUT2D eigenvalue weighted by molar-refractivity contribution is 6.46. The molecule has 0 saturated carbocycles. The number of carbonyl (C=O) groups excluding carboxylic acids is 2. The summed E-state index contributed by atoms with van der Waals surface area (Å²) >= 11 is 0. The lowest BCUT2D eigenvalue weighted by atomic mass is 10.0. The molecule has 0 fully saturated rings. The number of methoxy groups -OCH3 is 1. The molecule has 0 aromatic heterocycles. The number of ether oxygens (including phenoxy) is 1. The van der Waals surface area contributed by atoms with Crippen molar-refractivity contribution in [3.8, 4) is 5.75 Å². The predicted octanol–water partition coefficient (Wildman–Crippen LogP) is 5.69. The molecule has 0 bridgehead atoms. The monoisotopic (exact) mass is 452 g/mol. The summed E-state index contributed by atoms with van der Waals surface area (Å²) < 4.78 is 19.1. The van der Waals surface area contributed by atoms with Crippen molar-refractivity contribution in [2.45, 2.75) is 6.92 Å². The van der Waals surface area contributed by atoms with Crippen LogP contribution in [0.1, 0.15) is 11.1 Å². The fourth-order valence-corrected chi connectivity index (χ4v) is 4.19. The van der Waals surface area contributed by atoms with Crippen molar-refractivity contribution in [2.24, 2.45) is 0 Å². The van der Waals surface area contributed by atoms with Gasteiger partial charge in [-0.05, 0) is 53.8 Å². The van der Waals surface area contributed by atoms with Gasteiger partial charge in [-0.3, -0.25) is 9.59 Å². The van der Waals surface area contributed by atoms with E-state index in [1.165, 1.54) is 31.4 Å². The molecule has 6 heteroatoms. The van der Waals surface area contributed by atoms with Crippen LogP contribution in [0.4, 0.5) is 15.8 Å². The Kier molecular flexibility index (Phi) is 5.34. The first-order valence-corrected chi connectivity index (χ1v) is 10.8. The van der Waals surface area contributed by atoms with Crippen LogP contribution in [0.15, 0.2) is 90.6 Å². The van der Waals surface area contributed by atoms with E-state index in [0.717, 1.165) is 21.2 Å². The number of fused-ring (bicyclic) bond motifs is 1. The highest BCUT2D eigenvalue weighted by Crippen LogP contribution is 2.39. The van der Waals surface area contributed by atoms with Crippen LogP contribution in [0.25, 0.3) is 16.3 Å². The molecule has 1 aliphatic rings. The van der Waals surface area contributed by atoms with E-state index in [4.69, 9.17) is 4.74 Å². The average molecular weight is 452 g/mol. The van der Waals surface area contributed by atoms with Crippen molar-refractivity contribution in [1.29, 1.82) is 0 Å². The smallest absolute Gasteiger partial charge is 0.282 e. The van der Waals surface area contributed by atoms with Gasteiger partial charge in [0, 0.05) is 11.1 Å². The molecule has 5 rings (SSSR count). The Balaban J connectivity index is 1.68. The Labute approximate surface area is 196 Å². The normalized spacial score (nSPS) is 13.7. The molecule has 0 unspecified atom stereocenters. The molecule has 1 aliphatic heterocycles. The predicted molar refractivity (Wildman–Crippen MR) is 131 cm³/mol. The molecule has 168 valence electrons. The Morgan fingerprint density at radius 1 is 0.853 bits per heavy atom. The summed E-state index contributed by atoms with van der Waals surface area (Å²) in [6.45, 7) is 1.87. The van der Waals surface area contributed by atoms with Gasteiger partial charge in [0.15, 0.2) is 0 Å². The lowest BCUT2D eigenvalue weighted by Gasteiger charge is -2.19. The molecule has 0 saturated heterocycles. The number of imide groups is 1. The zero-order valence-electron chi connectivity index (χ0n) is 18.6. The first-order valence-electron chi connectivity index (χ1n) is 10.8. The third-order valence-electron chi connectivity index (χ3n) is 5.84. The average Bonchev–Trinajstić information content (AvgIpc) is 3.09. The molecular weight excluding hydrogens is 431 g/mol. The Morgan fingerprint density at radius 2 is 1.59 bits per heavy atom. The zero-order valence-corrected chi connectivity index (χ0v) is 18.6. The number of nitrogens with zero attached hydrogens (tertiary/aromatic N) is 1. The lowest BCUT2D eigenvalue weighted by molar-refractivity contribution is -0.120. The number of amides is 2. The topological polar surface area (TPSA) is 58.6 Å². The van der Waals surface area contributed by atoms with Gasteiger partial charge in [-0.2, -0.15) is 0 Å². The maximum atomic E-state index is 13.7. The molecule has 5 nitrogen and oxygen atoms in total. The van der Waals surface area contributed by atoms with Gasteiger partial charge in [0.2, 0.25) is 0 Å². The third-order valence-corrected chi connectivity index (χ3v) is 5.84. The molecule has 4 aromatic carbocycles. The highest BCUT2D eigenvalue weighted by Gasteiger charge is 2.41. The van der Waals surface area contributed by atoms with Gasteiger partial charge in [0.25, 0.3) is 11.8 Å². The number of hydrogen-bond acceptors (Lipinski definition) is 4. The summed E-state index contributed by atoms with van der Waals surface area (Å²) in [6, 6.07) is 24.3. The van der Waals surface area contributed by atoms with Gasteiger partial charge in [-0.25, -0.2) is 9.29 Å². The van der Waals surface area contributed by atoms with Gasteiger partial charge in [-0.15, -0.1) is 0 Å². The van der Waals surface area contributed by atoms with Crippen molar-refractivity contribution in [3.05, 3.63) is 108 Å². The minimum Gasteiger partial charge on any atom is -0.495 e. The molecule has 0 aliphatic carbocycles. The van der Waals surface area contributed by atoms with E-state index < -0.39 is 17.6 Å². The summed E-state index contributed by atoms with van der Waals surface area (Å²) in [5.41, 5.74) is 2.64. The molecule has 34 heavy (non-hydrogen) atoms. The van der Waals surface area contributed by atoms with E-state index in [1.54, 1.807) is 12.1 Å². The van der Waals surface area contributed by atoms with Crippen LogP contribution in [0.2, 0.25) is 0 Å². The van der Waals surface area contributed by atoms with Crippen molar-refractivity contribution in [3.63, 3.8) is 0 Å². The van der Waals surface area contributed by atoms with Crippen LogP contribution < -0.4 is 15.0 Å². The second-order valence-corrected chi connectivity index (χ2v) is 8.03. The first-order chi connectivity index (χ1) is 16.5. The molecule has 1 N–H and O–H groups in total. The van der Waals surface area contributed by atoms with Crippen LogP contribution in [-0.4, -0.2) is 18.9 Å². The number of rotatable bonds is 5. The molecule has 0 spiro atoms. The SMILES string of the molecule is COc1ccc(C)cc1N1C(=O)C(Nc2cccc3ccccc23)=C(c2ccc(F)cc2)C1=O. The number of benzene rings is 4. The van der Waals surface area contributed by atoms with Crippen molar-refractivity contribution in [2.75, 3.05) is 17.3 Å². The summed E-state index contributed by atoms with van der Waals surface area (Å²) in [5.74, 6) is -1.05. The van der Waals surface area contributed by atoms with E-state index in [1.807, 2.05) is 55.5 Å². The molecule has 1 heterocycles. The van der Waals surface area contributed by atoms with E-state index in [2.05, 4.69) is 5.32 Å². The van der Waals surface area contributed by atoms with Gasteiger partial charge >= 0.3 is 0 Å². The number of carbonyl (C=O) groups is 2. The van der Waals surface area contributed by atoms with Gasteiger partial charge < -0.3 is 10.1 Å². The Morgan fingerprint density at radius 3 is 2.35 bits per heavy atom. The number of hydrogen-bond donors (Lipinski definition) is 1.